The van der Waals surface area contributed by atoms with Gasteiger partial charge in [-0.2, -0.15) is 0 Å². The standard InChI is InChI=1S/C10H14N2O.C7H9NO/c11-9-1-3-10(4-2-9)12-5-7-13-8-6-12;8-7-3-1-6(5-9)2-4-7/h1-4H,5-8,11H2;1-4,9H,5,8H2. The highest BCUT2D eigenvalue weighted by Gasteiger charge is 2.09. The van der Waals surface area contributed by atoms with E-state index in [0.29, 0.717) is 0 Å². The molecule has 5 N–H and O–H groups in total. The lowest BCUT2D eigenvalue weighted by Crippen LogP contribution is -2.36. The molecule has 1 heterocycles. The second kappa shape index (κ2) is 8.26. The quantitative estimate of drug-likeness (QED) is 0.737. The van der Waals surface area contributed by atoms with Gasteiger partial charge in [-0.05, 0) is 42.0 Å². The Hall–Kier alpha value is -2.24. The molecule has 0 aromatic heterocycles. The van der Waals surface area contributed by atoms with Crippen LogP contribution < -0.4 is 16.4 Å². The molecule has 3 rings (SSSR count). The van der Waals surface area contributed by atoms with Gasteiger partial charge < -0.3 is 26.2 Å². The Morgan fingerprint density at radius 2 is 1.36 bits per heavy atom. The first-order chi connectivity index (χ1) is 10.7. The van der Waals surface area contributed by atoms with Gasteiger partial charge in [-0.1, -0.05) is 12.1 Å². The molecule has 0 atom stereocenters. The molecule has 1 aliphatic heterocycles. The van der Waals surface area contributed by atoms with E-state index in [0.717, 1.165) is 43.2 Å². The van der Waals surface area contributed by atoms with Crippen molar-refractivity contribution in [2.75, 3.05) is 42.7 Å². The van der Waals surface area contributed by atoms with Gasteiger partial charge in [0.2, 0.25) is 0 Å². The molecule has 0 unspecified atom stereocenters. The number of aliphatic hydroxyl groups is 1. The number of morpholine rings is 1. The van der Waals surface area contributed by atoms with Crippen molar-refractivity contribution in [2.45, 2.75) is 6.61 Å². The van der Waals surface area contributed by atoms with Crippen molar-refractivity contribution in [3.05, 3.63) is 54.1 Å². The Labute approximate surface area is 131 Å². The number of anilines is 3. The predicted octanol–water partition coefficient (Wildman–Crippen LogP) is 1.87. The molecule has 0 bridgehead atoms. The molecular formula is C17H23N3O2. The molecule has 1 aliphatic rings. The number of ether oxygens (including phenoxy) is 1. The van der Waals surface area contributed by atoms with Crippen molar-refractivity contribution in [3.8, 4) is 0 Å². The summed E-state index contributed by atoms with van der Waals surface area (Å²) >= 11 is 0. The summed E-state index contributed by atoms with van der Waals surface area (Å²) < 4.78 is 5.28. The second-order valence-electron chi connectivity index (χ2n) is 5.09. The maximum absolute atomic E-state index is 8.59. The van der Waals surface area contributed by atoms with Gasteiger partial charge in [-0.15, -0.1) is 0 Å². The summed E-state index contributed by atoms with van der Waals surface area (Å²) in [6, 6.07) is 15.1. The van der Waals surface area contributed by atoms with Gasteiger partial charge in [0.15, 0.2) is 0 Å². The Kier molecular flexibility index (Phi) is 6.06. The molecule has 0 amide bonds. The zero-order valence-corrected chi connectivity index (χ0v) is 12.6. The summed E-state index contributed by atoms with van der Waals surface area (Å²) in [6.45, 7) is 3.68. The molecule has 2 aromatic carbocycles. The smallest absolute Gasteiger partial charge is 0.0681 e. The van der Waals surface area contributed by atoms with Crippen molar-refractivity contribution in [2.24, 2.45) is 0 Å². The van der Waals surface area contributed by atoms with E-state index in [1.165, 1.54) is 5.69 Å². The molecule has 0 radical (unpaired) electrons. The van der Waals surface area contributed by atoms with Crippen LogP contribution in [0.25, 0.3) is 0 Å². The average molecular weight is 301 g/mol. The summed E-state index contributed by atoms with van der Waals surface area (Å²) in [5.74, 6) is 0. The number of benzene rings is 2. The first-order valence-corrected chi connectivity index (χ1v) is 7.32. The van der Waals surface area contributed by atoms with Crippen LogP contribution in [-0.2, 0) is 11.3 Å². The lowest BCUT2D eigenvalue weighted by molar-refractivity contribution is 0.122. The minimum absolute atomic E-state index is 0.0836. The fraction of sp³-hybridized carbons (Fsp3) is 0.294. The number of hydrogen-bond acceptors (Lipinski definition) is 5. The number of nitrogen functional groups attached to an aromatic ring is 2. The summed E-state index contributed by atoms with van der Waals surface area (Å²) in [7, 11) is 0. The highest BCUT2D eigenvalue weighted by atomic mass is 16.5. The molecule has 5 heteroatoms. The third kappa shape index (κ3) is 4.95. The van der Waals surface area contributed by atoms with Crippen molar-refractivity contribution < 1.29 is 9.84 Å². The van der Waals surface area contributed by atoms with Crippen molar-refractivity contribution in [3.63, 3.8) is 0 Å². The number of aliphatic hydroxyl groups excluding tert-OH is 1. The summed E-state index contributed by atoms with van der Waals surface area (Å²) in [5.41, 5.74) is 14.7. The zero-order chi connectivity index (χ0) is 15.8. The van der Waals surface area contributed by atoms with Crippen LogP contribution in [0.1, 0.15) is 5.56 Å². The molecule has 0 saturated carbocycles. The van der Waals surface area contributed by atoms with E-state index in [4.69, 9.17) is 21.3 Å². The van der Waals surface area contributed by atoms with Crippen LogP contribution in [-0.4, -0.2) is 31.4 Å². The first-order valence-electron chi connectivity index (χ1n) is 7.32. The third-order valence-corrected chi connectivity index (χ3v) is 3.43. The van der Waals surface area contributed by atoms with Crippen LogP contribution in [0, 0.1) is 0 Å². The van der Waals surface area contributed by atoms with Gasteiger partial charge in [-0.3, -0.25) is 0 Å². The van der Waals surface area contributed by atoms with Crippen molar-refractivity contribution >= 4 is 17.1 Å². The second-order valence-corrected chi connectivity index (χ2v) is 5.09. The lowest BCUT2D eigenvalue weighted by Gasteiger charge is -2.28. The van der Waals surface area contributed by atoms with Crippen LogP contribution in [0.3, 0.4) is 0 Å². The molecule has 2 aromatic rings. The van der Waals surface area contributed by atoms with E-state index in [2.05, 4.69) is 17.0 Å². The molecule has 118 valence electrons. The number of hydrogen-bond donors (Lipinski definition) is 3. The van der Waals surface area contributed by atoms with Crippen LogP contribution >= 0.6 is 0 Å². The first kappa shape index (κ1) is 16.1. The summed E-state index contributed by atoms with van der Waals surface area (Å²) in [4.78, 5) is 2.31. The number of nitrogens with zero attached hydrogens (tertiary/aromatic N) is 1. The normalized spacial score (nSPS) is 14.1. The van der Waals surface area contributed by atoms with Crippen molar-refractivity contribution in [1.82, 2.24) is 0 Å². The number of nitrogens with two attached hydrogens (primary N) is 2. The molecular weight excluding hydrogens is 278 g/mol. The van der Waals surface area contributed by atoms with E-state index in [1.807, 2.05) is 12.1 Å². The molecule has 1 saturated heterocycles. The van der Waals surface area contributed by atoms with E-state index in [9.17, 15) is 0 Å². The van der Waals surface area contributed by atoms with Crippen LogP contribution in [0.2, 0.25) is 0 Å². The van der Waals surface area contributed by atoms with E-state index >= 15 is 0 Å². The Bertz CT molecular complexity index is 549. The van der Waals surface area contributed by atoms with Gasteiger partial charge in [-0.25, -0.2) is 0 Å². The highest BCUT2D eigenvalue weighted by molar-refractivity contribution is 5.53. The summed E-state index contributed by atoms with van der Waals surface area (Å²) in [6.07, 6.45) is 0. The van der Waals surface area contributed by atoms with Crippen LogP contribution in [0.15, 0.2) is 48.5 Å². The maximum atomic E-state index is 8.59. The molecule has 1 fully saturated rings. The lowest BCUT2D eigenvalue weighted by atomic mass is 10.2. The van der Waals surface area contributed by atoms with E-state index < -0.39 is 0 Å². The van der Waals surface area contributed by atoms with E-state index in [1.54, 1.807) is 24.3 Å². The topological polar surface area (TPSA) is 84.7 Å². The molecule has 0 aliphatic carbocycles. The summed E-state index contributed by atoms with van der Waals surface area (Å²) in [5, 5.41) is 8.59. The van der Waals surface area contributed by atoms with Gasteiger partial charge in [0.1, 0.15) is 0 Å². The minimum Gasteiger partial charge on any atom is -0.399 e. The molecule has 22 heavy (non-hydrogen) atoms. The van der Waals surface area contributed by atoms with Gasteiger partial charge in [0, 0.05) is 30.2 Å². The Morgan fingerprint density at radius 1 is 0.864 bits per heavy atom. The van der Waals surface area contributed by atoms with Crippen molar-refractivity contribution in [1.29, 1.82) is 0 Å². The average Bonchev–Trinajstić information content (AvgIpc) is 2.58. The van der Waals surface area contributed by atoms with Crippen LogP contribution in [0.5, 0.6) is 0 Å². The third-order valence-electron chi connectivity index (χ3n) is 3.43. The maximum Gasteiger partial charge on any atom is 0.0681 e. The van der Waals surface area contributed by atoms with Gasteiger partial charge >= 0.3 is 0 Å². The fourth-order valence-electron chi connectivity index (χ4n) is 2.13. The SMILES string of the molecule is Nc1ccc(CO)cc1.Nc1ccc(N2CCOCC2)cc1. The van der Waals surface area contributed by atoms with Gasteiger partial charge in [0.25, 0.3) is 0 Å². The molecule has 0 spiro atoms. The number of rotatable bonds is 2. The predicted molar refractivity (Wildman–Crippen MR) is 90.7 cm³/mol. The zero-order valence-electron chi connectivity index (χ0n) is 12.6. The minimum atomic E-state index is 0.0836. The fourth-order valence-corrected chi connectivity index (χ4v) is 2.13. The highest BCUT2D eigenvalue weighted by Crippen LogP contribution is 2.17. The molecule has 5 nitrogen and oxygen atoms in total. The van der Waals surface area contributed by atoms with Gasteiger partial charge in [0.05, 0.1) is 19.8 Å². The largest absolute Gasteiger partial charge is 0.399 e. The Morgan fingerprint density at radius 3 is 1.86 bits per heavy atom. The van der Waals surface area contributed by atoms with Crippen LogP contribution in [0.4, 0.5) is 17.1 Å². The Balaban J connectivity index is 0.000000172. The van der Waals surface area contributed by atoms with E-state index in [-0.39, 0.29) is 6.61 Å². The monoisotopic (exact) mass is 301 g/mol.